The molecule has 25 heavy (non-hydrogen) atoms. The summed E-state index contributed by atoms with van der Waals surface area (Å²) >= 11 is 1.35. The van der Waals surface area contributed by atoms with Gasteiger partial charge in [0.05, 0.1) is 19.0 Å². The number of hydrogen-bond donors (Lipinski definition) is 0. The molecule has 3 heterocycles. The first kappa shape index (κ1) is 15.8. The fourth-order valence-corrected chi connectivity index (χ4v) is 4.30. The first-order valence-electron chi connectivity index (χ1n) is 7.77. The van der Waals surface area contributed by atoms with Gasteiger partial charge in [0.25, 0.3) is 0 Å². The number of benzene rings is 1. The van der Waals surface area contributed by atoms with Gasteiger partial charge in [-0.05, 0) is 25.1 Å². The molecule has 0 saturated carbocycles. The number of aliphatic imine (C=N–C) groups is 1. The van der Waals surface area contributed by atoms with Gasteiger partial charge in [0, 0.05) is 17.4 Å². The summed E-state index contributed by atoms with van der Waals surface area (Å²) in [5, 5.41) is 0.230. The lowest BCUT2D eigenvalue weighted by Gasteiger charge is -2.28. The molecule has 126 valence electrons. The Morgan fingerprint density at radius 3 is 2.72 bits per heavy atom. The van der Waals surface area contributed by atoms with Crippen LogP contribution in [0.5, 0.6) is 0 Å². The van der Waals surface area contributed by atoms with Gasteiger partial charge in [-0.2, -0.15) is 0 Å². The number of aromatic nitrogens is 1. The monoisotopic (exact) mass is 353 g/mol. The molecule has 2 aliphatic rings. The standard InChI is InChI=1S/C18H15N3O3S/c1-10-3-5-11(6-4-10)21-9-20-14-13-12(18(23)24-2)7-8-19-16(13)25-15(14)17(21)22/h3-9,14-15H,1-2H3. The number of fused-ring (bicyclic) bond motifs is 3. The molecule has 1 aromatic heterocycles. The number of rotatable bonds is 2. The maximum absolute atomic E-state index is 13.0. The van der Waals surface area contributed by atoms with Gasteiger partial charge in [-0.3, -0.25) is 14.7 Å². The van der Waals surface area contributed by atoms with E-state index < -0.39 is 17.3 Å². The van der Waals surface area contributed by atoms with E-state index in [2.05, 4.69) is 9.98 Å². The number of pyridine rings is 1. The van der Waals surface area contributed by atoms with Crippen molar-refractivity contribution in [1.29, 1.82) is 0 Å². The van der Waals surface area contributed by atoms with Crippen LogP contribution in [0.2, 0.25) is 0 Å². The van der Waals surface area contributed by atoms with Crippen molar-refractivity contribution in [2.75, 3.05) is 12.0 Å². The molecule has 0 spiro atoms. The van der Waals surface area contributed by atoms with E-state index in [9.17, 15) is 9.59 Å². The fraction of sp³-hybridized carbons (Fsp3) is 0.222. The van der Waals surface area contributed by atoms with Gasteiger partial charge in [0.15, 0.2) is 0 Å². The topological polar surface area (TPSA) is 71.9 Å². The zero-order valence-corrected chi connectivity index (χ0v) is 14.5. The second kappa shape index (κ2) is 6.00. The van der Waals surface area contributed by atoms with Gasteiger partial charge in [-0.25, -0.2) is 9.78 Å². The average Bonchev–Trinajstić information content (AvgIpc) is 3.02. The van der Waals surface area contributed by atoms with E-state index in [0.717, 1.165) is 11.3 Å². The van der Waals surface area contributed by atoms with E-state index in [0.29, 0.717) is 16.2 Å². The highest BCUT2D eigenvalue weighted by Gasteiger charge is 2.45. The van der Waals surface area contributed by atoms with Crippen molar-refractivity contribution in [2.45, 2.75) is 23.2 Å². The molecule has 1 amide bonds. The fourth-order valence-electron chi connectivity index (χ4n) is 3.03. The highest BCUT2D eigenvalue weighted by Crippen LogP contribution is 2.48. The maximum atomic E-state index is 13.0. The molecule has 2 atom stereocenters. The minimum absolute atomic E-state index is 0.0670. The summed E-state index contributed by atoms with van der Waals surface area (Å²) in [7, 11) is 1.34. The van der Waals surface area contributed by atoms with Crippen LogP contribution in [0.1, 0.15) is 27.5 Å². The molecule has 1 aromatic carbocycles. The molecule has 0 N–H and O–H groups in total. The summed E-state index contributed by atoms with van der Waals surface area (Å²) in [6.45, 7) is 2.00. The minimum atomic E-state index is -0.441. The Kier molecular flexibility index (Phi) is 3.80. The van der Waals surface area contributed by atoms with Crippen molar-refractivity contribution in [1.82, 2.24) is 4.98 Å². The lowest BCUT2D eigenvalue weighted by molar-refractivity contribution is -0.117. The van der Waals surface area contributed by atoms with E-state index >= 15 is 0 Å². The molecular weight excluding hydrogens is 338 g/mol. The van der Waals surface area contributed by atoms with Crippen LogP contribution in [-0.4, -0.2) is 35.6 Å². The van der Waals surface area contributed by atoms with Crippen LogP contribution in [0.4, 0.5) is 5.69 Å². The first-order chi connectivity index (χ1) is 12.1. The number of nitrogens with zero attached hydrogens (tertiary/aromatic N) is 3. The molecule has 2 aromatic rings. The van der Waals surface area contributed by atoms with Gasteiger partial charge in [-0.1, -0.05) is 29.5 Å². The first-order valence-corrected chi connectivity index (χ1v) is 8.65. The molecule has 0 fully saturated rings. The zero-order chi connectivity index (χ0) is 17.6. The summed E-state index contributed by atoms with van der Waals surface area (Å²) < 4.78 is 4.85. The normalized spacial score (nSPS) is 21.0. The number of carbonyl (C=O) groups excluding carboxylic acids is 2. The largest absolute Gasteiger partial charge is 0.465 e. The number of hydrogen-bond acceptors (Lipinski definition) is 6. The number of aryl methyl sites for hydroxylation is 1. The highest BCUT2D eigenvalue weighted by molar-refractivity contribution is 8.01. The number of thioether (sulfide) groups is 1. The summed E-state index contributed by atoms with van der Waals surface area (Å²) in [4.78, 5) is 35.4. The highest BCUT2D eigenvalue weighted by atomic mass is 32.2. The van der Waals surface area contributed by atoms with Crippen molar-refractivity contribution >= 4 is 35.7 Å². The molecule has 2 unspecified atom stereocenters. The third kappa shape index (κ3) is 2.51. The zero-order valence-electron chi connectivity index (χ0n) is 13.7. The lowest BCUT2D eigenvalue weighted by atomic mass is 9.99. The third-order valence-corrected chi connectivity index (χ3v) is 5.58. The van der Waals surface area contributed by atoms with Gasteiger partial charge in [0.2, 0.25) is 5.91 Å². The smallest absolute Gasteiger partial charge is 0.338 e. The number of methoxy groups -OCH3 is 1. The summed E-state index contributed by atoms with van der Waals surface area (Å²) in [5.74, 6) is -0.508. The van der Waals surface area contributed by atoms with Crippen LogP contribution in [0.25, 0.3) is 0 Å². The van der Waals surface area contributed by atoms with Gasteiger partial charge >= 0.3 is 5.97 Å². The Hall–Kier alpha value is -2.67. The van der Waals surface area contributed by atoms with Gasteiger partial charge in [0.1, 0.15) is 16.3 Å². The summed E-state index contributed by atoms with van der Waals surface area (Å²) in [6, 6.07) is 8.89. The average molecular weight is 353 g/mol. The van der Waals surface area contributed by atoms with Crippen molar-refractivity contribution < 1.29 is 14.3 Å². The lowest BCUT2D eigenvalue weighted by Crippen LogP contribution is -2.42. The summed E-state index contributed by atoms with van der Waals surface area (Å²) in [5.41, 5.74) is 2.99. The van der Waals surface area contributed by atoms with Gasteiger partial charge < -0.3 is 4.74 Å². The number of anilines is 1. The summed E-state index contributed by atoms with van der Waals surface area (Å²) in [6.07, 6.45) is 3.10. The van der Waals surface area contributed by atoms with E-state index in [1.165, 1.54) is 25.2 Å². The molecule has 0 aliphatic carbocycles. The Balaban J connectivity index is 1.73. The molecule has 0 saturated heterocycles. The predicted molar refractivity (Wildman–Crippen MR) is 95.1 cm³/mol. The number of carbonyl (C=O) groups is 2. The van der Waals surface area contributed by atoms with Crippen LogP contribution in [0, 0.1) is 6.92 Å². The van der Waals surface area contributed by atoms with Crippen LogP contribution >= 0.6 is 11.8 Å². The maximum Gasteiger partial charge on any atom is 0.338 e. The Morgan fingerprint density at radius 2 is 2.00 bits per heavy atom. The molecule has 6 nitrogen and oxygen atoms in total. The van der Waals surface area contributed by atoms with Crippen molar-refractivity contribution in [3.63, 3.8) is 0 Å². The molecule has 0 bridgehead atoms. The Bertz CT molecular complexity index is 895. The quantitative estimate of drug-likeness (QED) is 0.777. The second-order valence-electron chi connectivity index (χ2n) is 5.86. The second-order valence-corrected chi connectivity index (χ2v) is 6.99. The van der Waals surface area contributed by atoms with Crippen LogP contribution in [0.15, 0.2) is 46.5 Å². The van der Waals surface area contributed by atoms with Crippen LogP contribution < -0.4 is 4.90 Å². The molecular formula is C18H15N3O3S. The molecule has 2 aliphatic heterocycles. The SMILES string of the molecule is COC(=O)c1ccnc2c1C1N=CN(c3ccc(C)cc3)C(=O)C1S2. The van der Waals surface area contributed by atoms with E-state index in [1.54, 1.807) is 17.2 Å². The third-order valence-electron chi connectivity index (χ3n) is 4.32. The molecule has 0 radical (unpaired) electrons. The van der Waals surface area contributed by atoms with Crippen molar-refractivity contribution in [3.8, 4) is 0 Å². The van der Waals surface area contributed by atoms with Crippen LogP contribution in [0.3, 0.4) is 0 Å². The van der Waals surface area contributed by atoms with Crippen LogP contribution in [-0.2, 0) is 9.53 Å². The number of esters is 1. The predicted octanol–water partition coefficient (Wildman–Crippen LogP) is 2.77. The number of ether oxygens (including phenoxy) is 1. The van der Waals surface area contributed by atoms with E-state index in [-0.39, 0.29) is 5.91 Å². The minimum Gasteiger partial charge on any atom is -0.465 e. The Labute approximate surface area is 148 Å². The van der Waals surface area contributed by atoms with Crippen molar-refractivity contribution in [3.05, 3.63) is 53.2 Å². The number of amides is 1. The molecule has 7 heteroatoms. The molecule has 4 rings (SSSR count). The van der Waals surface area contributed by atoms with Crippen molar-refractivity contribution in [2.24, 2.45) is 4.99 Å². The van der Waals surface area contributed by atoms with E-state index in [4.69, 9.17) is 4.74 Å². The van der Waals surface area contributed by atoms with Gasteiger partial charge in [-0.15, -0.1) is 0 Å². The Morgan fingerprint density at radius 1 is 1.24 bits per heavy atom. The van der Waals surface area contributed by atoms with E-state index in [1.807, 2.05) is 31.2 Å².